The summed E-state index contributed by atoms with van der Waals surface area (Å²) in [5, 5.41) is 3.19. The summed E-state index contributed by atoms with van der Waals surface area (Å²) in [5.74, 6) is 0. The summed E-state index contributed by atoms with van der Waals surface area (Å²) < 4.78 is 11.3. The first-order valence-electron chi connectivity index (χ1n) is 5.06. The van der Waals surface area contributed by atoms with Crippen LogP contribution in [0.15, 0.2) is 0 Å². The molecule has 5 nitrogen and oxygen atoms in total. The summed E-state index contributed by atoms with van der Waals surface area (Å²) in [6, 6.07) is 0. The fourth-order valence-electron chi connectivity index (χ4n) is 1.05. The molecule has 0 saturated heterocycles. The molecule has 1 rings (SSSR count). The van der Waals surface area contributed by atoms with Crippen molar-refractivity contribution in [3.63, 3.8) is 0 Å². The van der Waals surface area contributed by atoms with E-state index in [9.17, 15) is 4.79 Å². The molecule has 0 atom stereocenters. The van der Waals surface area contributed by atoms with Gasteiger partial charge in [-0.05, 0) is 0 Å². The number of nitrogens with one attached hydrogen (secondary N) is 1. The zero-order chi connectivity index (χ0) is 13.1. The number of rotatable bonds is 3. The van der Waals surface area contributed by atoms with Crippen molar-refractivity contribution in [2.24, 2.45) is 0 Å². The standard InChI is InChI=1S/C10H15N2O3S.Sn.H/c1-10(2,3)15-9(13)12-8-11-7(5-14-4)6-16-8;;/h5H2,1-4H3,(H,11,12,13);;. The Balaban J connectivity index is 2.63. The van der Waals surface area contributed by atoms with Crippen molar-refractivity contribution < 1.29 is 14.3 Å². The zero-order valence-corrected chi connectivity index (χ0v) is 14.5. The number of methoxy groups -OCH3 is 1. The third-order valence-electron chi connectivity index (χ3n) is 1.62. The van der Waals surface area contributed by atoms with Crippen LogP contribution in [-0.2, 0) is 16.1 Å². The van der Waals surface area contributed by atoms with Crippen LogP contribution in [0.5, 0.6) is 0 Å². The molecule has 1 aromatic rings. The molecule has 0 spiro atoms. The van der Waals surface area contributed by atoms with E-state index in [4.69, 9.17) is 9.47 Å². The molecule has 94 valence electrons. The second-order valence-electron chi connectivity index (χ2n) is 4.39. The summed E-state index contributed by atoms with van der Waals surface area (Å²) >= 11 is 2.42. The van der Waals surface area contributed by atoms with Crippen molar-refractivity contribution >= 4 is 48.0 Å². The van der Waals surface area contributed by atoms with Gasteiger partial charge in [-0.1, -0.05) is 0 Å². The van der Waals surface area contributed by atoms with Crippen LogP contribution in [0.3, 0.4) is 0 Å². The molecule has 0 unspecified atom stereocenters. The van der Waals surface area contributed by atoms with Gasteiger partial charge in [-0.3, -0.25) is 0 Å². The van der Waals surface area contributed by atoms with Gasteiger partial charge in [-0.15, -0.1) is 0 Å². The quantitative estimate of drug-likeness (QED) is 0.820. The van der Waals surface area contributed by atoms with Crippen LogP contribution < -0.4 is 8.21 Å². The summed E-state index contributed by atoms with van der Waals surface area (Å²) in [6.07, 6.45) is -0.476. The second-order valence-corrected chi connectivity index (χ2v) is 8.26. The van der Waals surface area contributed by atoms with Crippen molar-refractivity contribution in [3.8, 4) is 0 Å². The molecule has 1 aromatic heterocycles. The van der Waals surface area contributed by atoms with Crippen molar-refractivity contribution in [1.29, 1.82) is 0 Å². The minimum atomic E-state index is -0.500. The molecule has 7 heteroatoms. The number of hydrogen-bond donors (Lipinski definition) is 1. The topological polar surface area (TPSA) is 60.5 Å². The van der Waals surface area contributed by atoms with E-state index in [-0.39, 0.29) is 0 Å². The van der Waals surface area contributed by atoms with Gasteiger partial charge in [0.25, 0.3) is 0 Å². The average Bonchev–Trinajstić information content (AvgIpc) is 2.43. The van der Waals surface area contributed by atoms with Crippen molar-refractivity contribution in [2.45, 2.75) is 33.0 Å². The first-order chi connectivity index (χ1) is 7.81. The third-order valence-corrected chi connectivity index (χ3v) is 4.42. The molecule has 1 heterocycles. The molecule has 2 radical (unpaired) electrons. The van der Waals surface area contributed by atoms with Gasteiger partial charge < -0.3 is 0 Å². The van der Waals surface area contributed by atoms with E-state index < -0.39 is 11.7 Å². The molecule has 0 fully saturated rings. The molecule has 0 aliphatic rings. The van der Waals surface area contributed by atoms with Gasteiger partial charge in [-0.2, -0.15) is 0 Å². The molecule has 1 amide bonds. The monoisotopic (exact) mass is 364 g/mol. The van der Waals surface area contributed by atoms with Gasteiger partial charge >= 0.3 is 118 Å². The third kappa shape index (κ3) is 5.22. The Kier molecular flexibility index (Phi) is 5.20. The maximum absolute atomic E-state index is 11.5. The van der Waals surface area contributed by atoms with E-state index in [1.165, 1.54) is 11.3 Å². The summed E-state index contributed by atoms with van der Waals surface area (Å²) in [6.45, 7) is 5.94. The van der Waals surface area contributed by atoms with E-state index in [2.05, 4.69) is 10.3 Å². The van der Waals surface area contributed by atoms with Crippen LogP contribution in [0.25, 0.3) is 0 Å². The van der Waals surface area contributed by atoms with Gasteiger partial charge in [0.05, 0.1) is 0 Å². The zero-order valence-electron chi connectivity index (χ0n) is 10.4. The molecule has 0 aromatic carbocycles. The van der Waals surface area contributed by atoms with Crippen LogP contribution in [-0.4, -0.2) is 46.3 Å². The summed E-state index contributed by atoms with van der Waals surface area (Å²) in [5.41, 5.74) is 0.394. The number of carbonyl (C=O) groups excluding carboxylic acids is 1. The Morgan fingerprint density at radius 2 is 2.18 bits per heavy atom. The molecule has 0 aliphatic carbocycles. The average molecular weight is 363 g/mol. The Bertz CT molecular complexity index is 401. The summed E-state index contributed by atoms with van der Waals surface area (Å²) in [7, 11) is 1.63. The molecule has 1 N–H and O–H groups in total. The van der Waals surface area contributed by atoms with Crippen LogP contribution in [0.2, 0.25) is 0 Å². The van der Waals surface area contributed by atoms with Gasteiger partial charge in [0.2, 0.25) is 0 Å². The number of ether oxygens (including phenoxy) is 2. The number of hydrogen-bond acceptors (Lipinski definition) is 5. The van der Waals surface area contributed by atoms with Crippen LogP contribution in [0.4, 0.5) is 9.93 Å². The van der Waals surface area contributed by atoms with Crippen molar-refractivity contribution in [2.75, 3.05) is 12.4 Å². The van der Waals surface area contributed by atoms with Crippen molar-refractivity contribution in [1.82, 2.24) is 4.98 Å². The predicted molar refractivity (Wildman–Crippen MR) is 69.5 cm³/mol. The Labute approximate surface area is 118 Å². The molecule has 0 aliphatic heterocycles. The van der Waals surface area contributed by atoms with E-state index in [0.29, 0.717) is 11.7 Å². The van der Waals surface area contributed by atoms with Gasteiger partial charge in [0.1, 0.15) is 0 Å². The van der Waals surface area contributed by atoms with E-state index in [1.807, 2.05) is 20.8 Å². The number of thiazole rings is 1. The Hall–Kier alpha value is -0.341. The number of anilines is 1. The summed E-state index contributed by atoms with van der Waals surface area (Å²) in [4.78, 5) is 15.8. The SMILES string of the molecule is COCc1nc(NC(=O)OC(C)(C)C)s[c]1[SnH]. The van der Waals surface area contributed by atoms with Crippen LogP contribution in [0, 0.1) is 0 Å². The fraction of sp³-hybridized carbons (Fsp3) is 0.600. The van der Waals surface area contributed by atoms with Crippen LogP contribution >= 0.6 is 11.3 Å². The first-order valence-corrected chi connectivity index (χ1v) is 7.52. The fourth-order valence-corrected chi connectivity index (χ4v) is 3.15. The Morgan fingerprint density at radius 1 is 1.53 bits per heavy atom. The van der Waals surface area contributed by atoms with Gasteiger partial charge in [-0.25, -0.2) is 0 Å². The molecule has 0 bridgehead atoms. The van der Waals surface area contributed by atoms with Crippen LogP contribution in [0.1, 0.15) is 26.5 Å². The molecule has 0 saturated carbocycles. The minimum absolute atomic E-state index is 0.475. The normalized spacial score (nSPS) is 11.4. The molecular weight excluding hydrogens is 347 g/mol. The van der Waals surface area contributed by atoms with E-state index in [1.54, 1.807) is 7.11 Å². The number of aromatic nitrogens is 1. The molecular formula is C10H16N2O3SSn. The van der Waals surface area contributed by atoms with E-state index >= 15 is 0 Å². The van der Waals surface area contributed by atoms with Crippen molar-refractivity contribution in [3.05, 3.63) is 5.69 Å². The first kappa shape index (κ1) is 14.7. The number of nitrogens with zero attached hydrogens (tertiary/aromatic N) is 1. The maximum atomic E-state index is 11.5. The Morgan fingerprint density at radius 3 is 2.71 bits per heavy atom. The van der Waals surface area contributed by atoms with Gasteiger partial charge in [0, 0.05) is 0 Å². The van der Waals surface area contributed by atoms with E-state index in [0.717, 1.165) is 31.1 Å². The predicted octanol–water partition coefficient (Wildman–Crippen LogP) is 1.16. The molecule has 17 heavy (non-hydrogen) atoms. The van der Waals surface area contributed by atoms with Gasteiger partial charge in [0.15, 0.2) is 0 Å². The second kappa shape index (κ2) is 6.01. The number of amides is 1. The number of carbonyl (C=O) groups is 1.